The van der Waals surface area contributed by atoms with Gasteiger partial charge in [-0.3, -0.25) is 9.55 Å². The van der Waals surface area contributed by atoms with Gasteiger partial charge in [0, 0.05) is 30.0 Å². The molecule has 1 aliphatic rings. The first-order chi connectivity index (χ1) is 13.7. The van der Waals surface area contributed by atoms with E-state index in [2.05, 4.69) is 25.3 Å². The van der Waals surface area contributed by atoms with Crippen LogP contribution in [-0.2, 0) is 0 Å². The van der Waals surface area contributed by atoms with Crippen molar-refractivity contribution in [3.63, 3.8) is 0 Å². The molecule has 9 heteroatoms. The molecule has 5 rings (SSSR count). The number of fused-ring (bicyclic) bond motifs is 2. The van der Waals surface area contributed by atoms with Crippen LogP contribution in [0.15, 0.2) is 53.6 Å². The predicted molar refractivity (Wildman–Crippen MR) is 103 cm³/mol. The third-order valence-electron chi connectivity index (χ3n) is 4.71. The first kappa shape index (κ1) is 16.5. The molecule has 4 N–H and O–H groups in total. The summed E-state index contributed by atoms with van der Waals surface area (Å²) in [4.78, 5) is 27.4. The molecule has 4 aromatic heterocycles. The van der Waals surface area contributed by atoms with E-state index >= 15 is 0 Å². The first-order valence-corrected chi connectivity index (χ1v) is 8.86. The van der Waals surface area contributed by atoms with Crippen molar-refractivity contribution in [1.29, 1.82) is 0 Å². The van der Waals surface area contributed by atoms with Gasteiger partial charge in [-0.15, -0.1) is 0 Å². The molecular formula is C19H17N7O2. The Bertz CT molecular complexity index is 1220. The van der Waals surface area contributed by atoms with Gasteiger partial charge in [-0.05, 0) is 30.3 Å². The fraction of sp³-hybridized carbons (Fsp3) is 0.158. The number of hydrogen-bond donors (Lipinski definition) is 3. The Labute approximate surface area is 159 Å². The maximum absolute atomic E-state index is 11.8. The molecule has 0 aliphatic carbocycles. The summed E-state index contributed by atoms with van der Waals surface area (Å²) in [5, 5.41) is 4.41. The molecule has 0 saturated heterocycles. The van der Waals surface area contributed by atoms with Crippen LogP contribution >= 0.6 is 0 Å². The number of anilines is 1. The molecule has 0 radical (unpaired) electrons. The zero-order valence-electron chi connectivity index (χ0n) is 14.8. The molecule has 0 amide bonds. The monoisotopic (exact) mass is 375 g/mol. The molecule has 0 aromatic carbocycles. The van der Waals surface area contributed by atoms with Gasteiger partial charge in [0.05, 0.1) is 11.6 Å². The van der Waals surface area contributed by atoms with Crippen molar-refractivity contribution in [2.24, 2.45) is 0 Å². The van der Waals surface area contributed by atoms with Crippen LogP contribution in [0.4, 0.5) is 5.82 Å². The molecule has 4 aromatic rings. The van der Waals surface area contributed by atoms with Crippen molar-refractivity contribution in [3.05, 3.63) is 70.5 Å². The standard InChI is InChI=1S/C19H17N7O2/c20-16-14-15(22-8-9-28-18(14)25-19(27)24-16)12-10-11-4-3-7-23-17(11)26(12)13-5-1-2-6-21-13/h1-7,10,15,22H,8-9H2,(H3,20,24,25,27). The van der Waals surface area contributed by atoms with Crippen molar-refractivity contribution in [2.75, 3.05) is 18.9 Å². The fourth-order valence-corrected chi connectivity index (χ4v) is 3.57. The van der Waals surface area contributed by atoms with E-state index < -0.39 is 5.69 Å². The third kappa shape index (κ3) is 2.60. The highest BCUT2D eigenvalue weighted by atomic mass is 16.5. The van der Waals surface area contributed by atoms with E-state index in [1.54, 1.807) is 12.4 Å². The molecular weight excluding hydrogens is 358 g/mol. The van der Waals surface area contributed by atoms with Crippen LogP contribution in [0, 0.1) is 0 Å². The molecule has 1 aliphatic heterocycles. The summed E-state index contributed by atoms with van der Waals surface area (Å²) in [7, 11) is 0. The number of nitrogens with one attached hydrogen (secondary N) is 2. The average molecular weight is 375 g/mol. The summed E-state index contributed by atoms with van der Waals surface area (Å²) in [5.74, 6) is 1.19. The van der Waals surface area contributed by atoms with E-state index in [1.807, 2.05) is 41.0 Å². The van der Waals surface area contributed by atoms with Crippen LogP contribution in [0.1, 0.15) is 17.3 Å². The molecule has 1 unspecified atom stereocenters. The minimum Gasteiger partial charge on any atom is -0.476 e. The summed E-state index contributed by atoms with van der Waals surface area (Å²) >= 11 is 0. The maximum atomic E-state index is 11.8. The number of aromatic nitrogens is 5. The lowest BCUT2D eigenvalue weighted by Crippen LogP contribution is -2.27. The molecule has 9 nitrogen and oxygen atoms in total. The van der Waals surface area contributed by atoms with Crippen molar-refractivity contribution >= 4 is 16.9 Å². The summed E-state index contributed by atoms with van der Waals surface area (Å²) in [5.41, 5.74) is 7.88. The number of rotatable bonds is 2. The van der Waals surface area contributed by atoms with Gasteiger partial charge in [0.2, 0.25) is 5.88 Å². The quantitative estimate of drug-likeness (QED) is 0.480. The number of hydrogen-bond acceptors (Lipinski definition) is 7. The van der Waals surface area contributed by atoms with E-state index in [0.29, 0.717) is 18.7 Å². The summed E-state index contributed by atoms with van der Waals surface area (Å²) < 4.78 is 7.65. The van der Waals surface area contributed by atoms with Crippen molar-refractivity contribution in [3.8, 4) is 11.7 Å². The van der Waals surface area contributed by atoms with Gasteiger partial charge in [0.1, 0.15) is 23.9 Å². The van der Waals surface area contributed by atoms with Crippen LogP contribution in [0.5, 0.6) is 5.88 Å². The van der Waals surface area contributed by atoms with E-state index in [1.165, 1.54) is 0 Å². The second kappa shape index (κ2) is 6.46. The number of nitrogens with two attached hydrogens (primary N) is 1. The Kier molecular flexibility index (Phi) is 3.80. The summed E-state index contributed by atoms with van der Waals surface area (Å²) in [6.45, 7) is 0.938. The molecule has 28 heavy (non-hydrogen) atoms. The SMILES string of the molecule is Nc1[nH]c(=O)nc2c1C(c1cc3cccnc3n1-c1ccccn1)NCCO2. The van der Waals surface area contributed by atoms with Crippen LogP contribution in [-0.4, -0.2) is 37.7 Å². The Balaban J connectivity index is 1.80. The van der Waals surface area contributed by atoms with Crippen LogP contribution in [0.3, 0.4) is 0 Å². The van der Waals surface area contributed by atoms with Gasteiger partial charge in [-0.25, -0.2) is 14.8 Å². The van der Waals surface area contributed by atoms with Crippen molar-refractivity contribution in [1.82, 2.24) is 29.8 Å². The fourth-order valence-electron chi connectivity index (χ4n) is 3.57. The largest absolute Gasteiger partial charge is 0.476 e. The van der Waals surface area contributed by atoms with Crippen LogP contribution < -0.4 is 21.5 Å². The van der Waals surface area contributed by atoms with Crippen molar-refractivity contribution < 1.29 is 4.74 Å². The molecule has 5 heterocycles. The zero-order valence-corrected chi connectivity index (χ0v) is 14.8. The highest BCUT2D eigenvalue weighted by molar-refractivity contribution is 5.80. The lowest BCUT2D eigenvalue weighted by Gasteiger charge is -2.20. The normalized spacial score (nSPS) is 16.4. The maximum Gasteiger partial charge on any atom is 0.349 e. The lowest BCUT2D eigenvalue weighted by atomic mass is 10.0. The molecule has 140 valence electrons. The minimum absolute atomic E-state index is 0.222. The van der Waals surface area contributed by atoms with Gasteiger partial charge in [-0.2, -0.15) is 4.98 Å². The second-order valence-electron chi connectivity index (χ2n) is 6.42. The predicted octanol–water partition coefficient (Wildman–Crippen LogP) is 1.16. The van der Waals surface area contributed by atoms with Gasteiger partial charge >= 0.3 is 5.69 Å². The van der Waals surface area contributed by atoms with Crippen molar-refractivity contribution in [2.45, 2.75) is 6.04 Å². The number of aromatic amines is 1. The minimum atomic E-state index is -0.538. The second-order valence-corrected chi connectivity index (χ2v) is 6.42. The van der Waals surface area contributed by atoms with Gasteiger partial charge in [-0.1, -0.05) is 6.07 Å². The van der Waals surface area contributed by atoms with Crippen LogP contribution in [0.2, 0.25) is 0 Å². The van der Waals surface area contributed by atoms with E-state index in [-0.39, 0.29) is 17.7 Å². The van der Waals surface area contributed by atoms with Gasteiger partial charge in [0.15, 0.2) is 0 Å². The van der Waals surface area contributed by atoms with E-state index in [0.717, 1.165) is 22.5 Å². The number of nitrogens with zero attached hydrogens (tertiary/aromatic N) is 4. The van der Waals surface area contributed by atoms with Crippen LogP contribution in [0.25, 0.3) is 16.9 Å². The molecule has 0 fully saturated rings. The number of ether oxygens (including phenoxy) is 1. The first-order valence-electron chi connectivity index (χ1n) is 8.86. The smallest absolute Gasteiger partial charge is 0.349 e. The highest BCUT2D eigenvalue weighted by Gasteiger charge is 2.29. The molecule has 0 spiro atoms. The summed E-state index contributed by atoms with van der Waals surface area (Å²) in [6, 6.07) is 11.3. The number of nitrogen functional groups attached to an aromatic ring is 1. The topological polar surface area (TPSA) is 124 Å². The molecule has 1 atom stereocenters. The van der Waals surface area contributed by atoms with E-state index in [4.69, 9.17) is 10.5 Å². The Morgan fingerprint density at radius 3 is 2.93 bits per heavy atom. The zero-order chi connectivity index (χ0) is 19.1. The number of H-pyrrole nitrogens is 1. The molecule has 0 bridgehead atoms. The summed E-state index contributed by atoms with van der Waals surface area (Å²) in [6.07, 6.45) is 3.48. The lowest BCUT2D eigenvalue weighted by molar-refractivity contribution is 0.312. The van der Waals surface area contributed by atoms with E-state index in [9.17, 15) is 4.79 Å². The van der Waals surface area contributed by atoms with Gasteiger partial charge < -0.3 is 15.8 Å². The Hall–Kier alpha value is -3.72. The number of pyridine rings is 2. The average Bonchev–Trinajstić information content (AvgIpc) is 2.95. The Morgan fingerprint density at radius 2 is 2.07 bits per heavy atom. The molecule has 0 saturated carbocycles. The Morgan fingerprint density at radius 1 is 1.18 bits per heavy atom. The third-order valence-corrected chi connectivity index (χ3v) is 4.71. The van der Waals surface area contributed by atoms with Gasteiger partial charge in [0.25, 0.3) is 0 Å². The highest BCUT2D eigenvalue weighted by Crippen LogP contribution is 2.36.